The van der Waals surface area contributed by atoms with Crippen molar-refractivity contribution in [1.29, 1.82) is 0 Å². The molecule has 2 rings (SSSR count). The Morgan fingerprint density at radius 3 is 2.24 bits per heavy atom. The Hall–Kier alpha value is -1.92. The minimum atomic E-state index is -3.26. The van der Waals surface area contributed by atoms with Gasteiger partial charge in [0.2, 0.25) is 0 Å². The van der Waals surface area contributed by atoms with Crippen molar-refractivity contribution >= 4 is 9.84 Å². The van der Waals surface area contributed by atoms with Gasteiger partial charge in [0, 0.05) is 12.3 Å². The van der Waals surface area contributed by atoms with Gasteiger partial charge in [-0.3, -0.25) is 0 Å². The molecule has 21 heavy (non-hydrogen) atoms. The number of hydrogen-bond acceptors (Lipinski definition) is 4. The second-order valence-electron chi connectivity index (χ2n) is 4.82. The molecule has 0 aromatic heterocycles. The Morgan fingerprint density at radius 2 is 1.76 bits per heavy atom. The first kappa shape index (κ1) is 15.5. The van der Waals surface area contributed by atoms with Crippen LogP contribution in [0.25, 0.3) is 0 Å². The summed E-state index contributed by atoms with van der Waals surface area (Å²) >= 11 is 0. The molecule has 1 atom stereocenters. The average Bonchev–Trinajstić information content (AvgIpc) is 2.40. The zero-order valence-corrected chi connectivity index (χ0v) is 12.5. The Bertz CT molecular complexity index is 740. The molecule has 0 radical (unpaired) electrons. The third kappa shape index (κ3) is 3.80. The van der Waals surface area contributed by atoms with E-state index in [4.69, 9.17) is 10.5 Å². The van der Waals surface area contributed by atoms with Gasteiger partial charge in [-0.05, 0) is 48.9 Å². The summed E-state index contributed by atoms with van der Waals surface area (Å²) in [5.41, 5.74) is 6.35. The number of ether oxygens (including phenoxy) is 1. The highest BCUT2D eigenvalue weighted by Gasteiger charge is 2.10. The summed E-state index contributed by atoms with van der Waals surface area (Å²) in [5, 5.41) is 0. The highest BCUT2D eigenvalue weighted by molar-refractivity contribution is 7.90. The van der Waals surface area contributed by atoms with Crippen LogP contribution in [-0.4, -0.2) is 14.7 Å². The summed E-state index contributed by atoms with van der Waals surface area (Å²) in [5.74, 6) is -0.0988. The Labute approximate surface area is 123 Å². The number of rotatable bonds is 4. The SMILES string of the molecule is CC(N)c1ccc(Oc2ccc(S(C)(=O)=O)cc2)c(F)c1. The number of hydrogen-bond donors (Lipinski definition) is 1. The van der Waals surface area contributed by atoms with Crippen LogP contribution in [0.3, 0.4) is 0 Å². The van der Waals surface area contributed by atoms with Crippen molar-refractivity contribution in [2.24, 2.45) is 5.73 Å². The van der Waals surface area contributed by atoms with Crippen molar-refractivity contribution in [2.75, 3.05) is 6.26 Å². The van der Waals surface area contributed by atoms with Crippen molar-refractivity contribution in [1.82, 2.24) is 0 Å². The Kier molecular flexibility index (Phi) is 4.29. The number of sulfone groups is 1. The van der Waals surface area contributed by atoms with Gasteiger partial charge in [-0.25, -0.2) is 12.8 Å². The third-order valence-electron chi connectivity index (χ3n) is 2.96. The van der Waals surface area contributed by atoms with Gasteiger partial charge in [0.05, 0.1) is 4.90 Å². The lowest BCUT2D eigenvalue weighted by Crippen LogP contribution is -2.05. The van der Waals surface area contributed by atoms with Gasteiger partial charge in [0.15, 0.2) is 21.4 Å². The largest absolute Gasteiger partial charge is 0.454 e. The standard InChI is InChI=1S/C15H16FNO3S/c1-10(17)11-3-8-15(14(16)9-11)20-12-4-6-13(7-5-12)21(2,18)19/h3-10H,17H2,1-2H3. The molecule has 0 saturated carbocycles. The molecular weight excluding hydrogens is 293 g/mol. The van der Waals surface area contributed by atoms with Crippen LogP contribution in [-0.2, 0) is 9.84 Å². The lowest BCUT2D eigenvalue weighted by molar-refractivity contribution is 0.441. The van der Waals surface area contributed by atoms with Crippen molar-refractivity contribution in [3.8, 4) is 11.5 Å². The minimum absolute atomic E-state index is 0.0616. The lowest BCUT2D eigenvalue weighted by Gasteiger charge is -2.10. The summed E-state index contributed by atoms with van der Waals surface area (Å²) in [4.78, 5) is 0.183. The van der Waals surface area contributed by atoms with E-state index in [9.17, 15) is 12.8 Å². The maximum atomic E-state index is 13.9. The predicted molar refractivity (Wildman–Crippen MR) is 78.6 cm³/mol. The van der Waals surface area contributed by atoms with Crippen LogP contribution in [0.1, 0.15) is 18.5 Å². The molecule has 0 aliphatic heterocycles. The molecule has 2 aromatic rings. The van der Waals surface area contributed by atoms with E-state index >= 15 is 0 Å². The van der Waals surface area contributed by atoms with E-state index in [1.165, 1.54) is 36.4 Å². The molecule has 0 amide bonds. The lowest BCUT2D eigenvalue weighted by atomic mass is 10.1. The number of benzene rings is 2. The van der Waals surface area contributed by atoms with Crippen LogP contribution in [0, 0.1) is 5.82 Å². The second-order valence-corrected chi connectivity index (χ2v) is 6.84. The van der Waals surface area contributed by atoms with Crippen LogP contribution in [0.2, 0.25) is 0 Å². The molecule has 0 heterocycles. The summed E-state index contributed by atoms with van der Waals surface area (Å²) in [6.07, 6.45) is 1.12. The van der Waals surface area contributed by atoms with Crippen molar-refractivity contribution in [2.45, 2.75) is 17.9 Å². The zero-order chi connectivity index (χ0) is 15.6. The van der Waals surface area contributed by atoms with Gasteiger partial charge in [-0.15, -0.1) is 0 Å². The van der Waals surface area contributed by atoms with Crippen LogP contribution in [0.5, 0.6) is 11.5 Å². The smallest absolute Gasteiger partial charge is 0.175 e. The van der Waals surface area contributed by atoms with E-state index in [2.05, 4.69) is 0 Å². The minimum Gasteiger partial charge on any atom is -0.454 e. The molecule has 2 aromatic carbocycles. The van der Waals surface area contributed by atoms with Crippen LogP contribution in [0.4, 0.5) is 4.39 Å². The fourth-order valence-electron chi connectivity index (χ4n) is 1.76. The normalized spacial score (nSPS) is 13.0. The number of nitrogens with two attached hydrogens (primary N) is 1. The van der Waals surface area contributed by atoms with Crippen molar-refractivity contribution < 1.29 is 17.5 Å². The fraction of sp³-hybridized carbons (Fsp3) is 0.200. The van der Waals surface area contributed by atoms with E-state index in [1.807, 2.05) is 0 Å². The van der Waals surface area contributed by atoms with Gasteiger partial charge in [0.1, 0.15) is 5.75 Å². The van der Waals surface area contributed by atoms with Gasteiger partial charge in [-0.1, -0.05) is 6.07 Å². The monoisotopic (exact) mass is 309 g/mol. The molecule has 0 bridgehead atoms. The van der Waals surface area contributed by atoms with Gasteiger partial charge in [0.25, 0.3) is 0 Å². The highest BCUT2D eigenvalue weighted by Crippen LogP contribution is 2.27. The first-order valence-corrected chi connectivity index (χ1v) is 8.19. The maximum Gasteiger partial charge on any atom is 0.175 e. The van der Waals surface area contributed by atoms with E-state index in [-0.39, 0.29) is 16.7 Å². The number of halogens is 1. The third-order valence-corrected chi connectivity index (χ3v) is 4.09. The van der Waals surface area contributed by atoms with Gasteiger partial charge in [-0.2, -0.15) is 0 Å². The van der Waals surface area contributed by atoms with Crippen molar-refractivity contribution in [3.63, 3.8) is 0 Å². The van der Waals surface area contributed by atoms with Gasteiger partial charge < -0.3 is 10.5 Å². The Morgan fingerprint density at radius 1 is 1.14 bits per heavy atom. The fourth-order valence-corrected chi connectivity index (χ4v) is 2.40. The summed E-state index contributed by atoms with van der Waals surface area (Å²) < 4.78 is 42.0. The highest BCUT2D eigenvalue weighted by atomic mass is 32.2. The van der Waals surface area contributed by atoms with Crippen LogP contribution < -0.4 is 10.5 Å². The first-order valence-electron chi connectivity index (χ1n) is 6.30. The van der Waals surface area contributed by atoms with Gasteiger partial charge >= 0.3 is 0 Å². The molecule has 1 unspecified atom stereocenters. The summed E-state index contributed by atoms with van der Waals surface area (Å²) in [6.45, 7) is 1.76. The molecule has 0 saturated heterocycles. The topological polar surface area (TPSA) is 69.4 Å². The van der Waals surface area contributed by atoms with E-state index in [0.717, 1.165) is 6.26 Å². The molecule has 112 valence electrons. The second kappa shape index (κ2) is 5.83. The van der Waals surface area contributed by atoms with Crippen LogP contribution >= 0.6 is 0 Å². The van der Waals surface area contributed by atoms with E-state index in [1.54, 1.807) is 13.0 Å². The summed E-state index contributed by atoms with van der Waals surface area (Å²) in [6, 6.07) is 10.0. The predicted octanol–water partition coefficient (Wildman–Crippen LogP) is 3.04. The molecule has 4 nitrogen and oxygen atoms in total. The molecule has 0 aliphatic carbocycles. The van der Waals surface area contributed by atoms with E-state index < -0.39 is 15.7 Å². The van der Waals surface area contributed by atoms with E-state index in [0.29, 0.717) is 11.3 Å². The first-order chi connectivity index (χ1) is 9.77. The van der Waals surface area contributed by atoms with Crippen LogP contribution in [0.15, 0.2) is 47.4 Å². The molecular formula is C15H16FNO3S. The maximum absolute atomic E-state index is 13.9. The molecule has 0 fully saturated rings. The Balaban J connectivity index is 2.22. The quantitative estimate of drug-likeness (QED) is 0.942. The zero-order valence-electron chi connectivity index (χ0n) is 11.7. The molecule has 2 N–H and O–H groups in total. The molecule has 0 spiro atoms. The molecule has 6 heteroatoms. The average molecular weight is 309 g/mol. The summed E-state index contributed by atoms with van der Waals surface area (Å²) in [7, 11) is -3.26. The molecule has 0 aliphatic rings. The van der Waals surface area contributed by atoms with Crippen molar-refractivity contribution in [3.05, 3.63) is 53.8 Å².